The van der Waals surface area contributed by atoms with E-state index in [0.717, 1.165) is 69.8 Å². The summed E-state index contributed by atoms with van der Waals surface area (Å²) < 4.78 is 13.1. The Balaban J connectivity index is 1.00. The van der Waals surface area contributed by atoms with Crippen LogP contribution in [-0.2, 0) is 32.2 Å². The molecule has 5 N–H and O–H groups in total. The van der Waals surface area contributed by atoms with Crippen molar-refractivity contribution in [1.29, 1.82) is 0 Å². The number of unbranched alkanes of at least 4 members (excludes halogenated alkanes) is 3. The first-order valence-corrected chi connectivity index (χ1v) is 19.6. The summed E-state index contributed by atoms with van der Waals surface area (Å²) in [6.45, 7) is 0.431. The highest BCUT2D eigenvalue weighted by Gasteiger charge is 2.32. The molecule has 0 spiro atoms. The van der Waals surface area contributed by atoms with Gasteiger partial charge in [-0.2, -0.15) is 0 Å². The number of hydrogen-bond acceptors (Lipinski definition) is 8. The third-order valence-corrected chi connectivity index (χ3v) is 10.5. The van der Waals surface area contributed by atoms with Crippen molar-refractivity contribution in [2.24, 2.45) is 0 Å². The van der Waals surface area contributed by atoms with Crippen LogP contribution >= 0.6 is 11.8 Å². The number of nitrogens with two attached hydrogens (primary N) is 1. The van der Waals surface area contributed by atoms with Crippen molar-refractivity contribution in [1.82, 2.24) is 10.3 Å². The number of pyridine rings is 1. The van der Waals surface area contributed by atoms with Gasteiger partial charge in [-0.3, -0.25) is 9.59 Å². The van der Waals surface area contributed by atoms with Crippen LogP contribution in [0.25, 0.3) is 11.1 Å². The Morgan fingerprint density at radius 2 is 1.48 bits per heavy atom. The number of rotatable bonds is 17. The number of carbonyl (C=O) groups excluding carboxylic acids is 2. The summed E-state index contributed by atoms with van der Waals surface area (Å²) in [5, 5.41) is 16.4. The van der Waals surface area contributed by atoms with Crippen LogP contribution in [0.3, 0.4) is 0 Å². The molecule has 5 aromatic rings. The first-order chi connectivity index (χ1) is 26.4. The quantitative estimate of drug-likeness (QED) is 0.0422. The average molecular weight is 745 g/mol. The zero-order chi connectivity index (χ0) is 37.5. The molecule has 10 heteroatoms. The third-order valence-electron chi connectivity index (χ3n) is 9.45. The lowest BCUT2D eigenvalue weighted by Gasteiger charge is -2.36. The van der Waals surface area contributed by atoms with Gasteiger partial charge in [0.25, 0.3) is 0 Å². The van der Waals surface area contributed by atoms with Gasteiger partial charge in [-0.05, 0) is 64.9 Å². The molecule has 280 valence electrons. The van der Waals surface area contributed by atoms with Crippen LogP contribution in [0.4, 0.5) is 11.4 Å². The van der Waals surface area contributed by atoms with Crippen LogP contribution in [0.5, 0.6) is 0 Å². The molecule has 0 saturated carbocycles. The number of aromatic nitrogens is 1. The van der Waals surface area contributed by atoms with E-state index in [1.54, 1.807) is 30.1 Å². The smallest absolute Gasteiger partial charge is 0.224 e. The second-order valence-corrected chi connectivity index (χ2v) is 14.5. The predicted octanol–water partition coefficient (Wildman–Crippen LogP) is 8.76. The van der Waals surface area contributed by atoms with Crippen LogP contribution in [0, 0.1) is 0 Å². The summed E-state index contributed by atoms with van der Waals surface area (Å²) >= 11 is 1.67. The Labute approximate surface area is 321 Å². The number of aliphatic hydroxyl groups excluding tert-OH is 1. The van der Waals surface area contributed by atoms with Gasteiger partial charge in [0.15, 0.2) is 6.29 Å². The number of hydrogen-bond donors (Lipinski definition) is 4. The number of ether oxygens (including phenoxy) is 2. The maximum atomic E-state index is 12.7. The van der Waals surface area contributed by atoms with Gasteiger partial charge in [0.2, 0.25) is 11.8 Å². The van der Waals surface area contributed by atoms with Crippen LogP contribution < -0.4 is 16.4 Å². The molecule has 1 fully saturated rings. The molecule has 1 aliphatic rings. The molecule has 54 heavy (non-hydrogen) atoms. The van der Waals surface area contributed by atoms with Gasteiger partial charge in [-0.25, -0.2) is 4.98 Å². The highest BCUT2D eigenvalue weighted by molar-refractivity contribution is 7.99. The van der Waals surface area contributed by atoms with Crippen molar-refractivity contribution in [3.63, 3.8) is 0 Å². The monoisotopic (exact) mass is 744 g/mol. The molecule has 9 nitrogen and oxygen atoms in total. The van der Waals surface area contributed by atoms with Crippen molar-refractivity contribution in [3.8, 4) is 11.1 Å². The van der Waals surface area contributed by atoms with E-state index in [9.17, 15) is 14.7 Å². The summed E-state index contributed by atoms with van der Waals surface area (Å²) in [6, 6.07) is 37.4. The van der Waals surface area contributed by atoms with E-state index in [1.165, 1.54) is 0 Å². The van der Waals surface area contributed by atoms with E-state index in [-0.39, 0.29) is 30.6 Å². The number of aliphatic hydroxyl groups is 1. The highest BCUT2D eigenvalue weighted by Crippen LogP contribution is 2.40. The van der Waals surface area contributed by atoms with E-state index in [0.29, 0.717) is 37.2 Å². The Morgan fingerprint density at radius 3 is 2.22 bits per heavy atom. The SMILES string of the molecule is Nc1ccccc1NC(=O)CCCCCCC(=O)NCc1ccccc1-c1ccc(C2OC(CSc3ccccn3)CC(c3ccc(CO)cc3)O2)cc1. The summed E-state index contributed by atoms with van der Waals surface area (Å²) in [4.78, 5) is 29.5. The normalized spacial score (nSPS) is 16.8. The van der Waals surface area contributed by atoms with Gasteiger partial charge in [-0.15, -0.1) is 11.8 Å². The number of anilines is 2. The number of amides is 2. The number of para-hydroxylation sites is 2. The highest BCUT2D eigenvalue weighted by atomic mass is 32.2. The van der Waals surface area contributed by atoms with E-state index in [2.05, 4.69) is 45.9 Å². The van der Waals surface area contributed by atoms with Crippen molar-refractivity contribution >= 4 is 35.0 Å². The van der Waals surface area contributed by atoms with Gasteiger partial charge < -0.3 is 30.9 Å². The molecule has 1 aliphatic heterocycles. The van der Waals surface area contributed by atoms with Gasteiger partial charge in [0.1, 0.15) is 0 Å². The Morgan fingerprint density at radius 1 is 0.778 bits per heavy atom. The fourth-order valence-electron chi connectivity index (χ4n) is 6.44. The summed E-state index contributed by atoms with van der Waals surface area (Å²) in [6.07, 6.45) is 5.88. The fraction of sp³-hybridized carbons (Fsp3) is 0.295. The van der Waals surface area contributed by atoms with Gasteiger partial charge >= 0.3 is 0 Å². The van der Waals surface area contributed by atoms with Crippen LogP contribution in [0.2, 0.25) is 0 Å². The zero-order valence-corrected chi connectivity index (χ0v) is 31.2. The Bertz CT molecular complexity index is 1940. The first kappa shape index (κ1) is 38.7. The van der Waals surface area contributed by atoms with E-state index < -0.39 is 6.29 Å². The van der Waals surface area contributed by atoms with Crippen LogP contribution in [0.15, 0.2) is 126 Å². The summed E-state index contributed by atoms with van der Waals surface area (Å²) in [7, 11) is 0. The molecule has 0 radical (unpaired) electrons. The fourth-order valence-corrected chi connectivity index (χ4v) is 7.32. The number of nitrogen functional groups attached to an aromatic ring is 1. The minimum absolute atomic E-state index is 0.000314. The summed E-state index contributed by atoms with van der Waals surface area (Å²) in [5.41, 5.74) is 13.1. The van der Waals surface area contributed by atoms with Crippen LogP contribution in [0.1, 0.15) is 79.6 Å². The van der Waals surface area contributed by atoms with E-state index >= 15 is 0 Å². The molecular weight excluding hydrogens is 697 g/mol. The number of benzene rings is 4. The lowest BCUT2D eigenvalue weighted by molar-refractivity contribution is -0.245. The largest absolute Gasteiger partial charge is 0.397 e. The second-order valence-electron chi connectivity index (χ2n) is 13.4. The second kappa shape index (κ2) is 19.9. The number of carbonyl (C=O) groups is 2. The number of nitrogens with one attached hydrogen (secondary N) is 2. The molecule has 3 atom stereocenters. The molecule has 2 heterocycles. The molecular formula is C44H48N4O5S. The maximum Gasteiger partial charge on any atom is 0.224 e. The van der Waals surface area contributed by atoms with Crippen molar-refractivity contribution in [3.05, 3.63) is 144 Å². The lowest BCUT2D eigenvalue weighted by atomic mass is 9.97. The predicted molar refractivity (Wildman–Crippen MR) is 214 cm³/mol. The van der Waals surface area contributed by atoms with Crippen molar-refractivity contribution in [2.75, 3.05) is 16.8 Å². The van der Waals surface area contributed by atoms with Gasteiger partial charge in [0.05, 0.1) is 35.2 Å². The zero-order valence-electron chi connectivity index (χ0n) is 30.4. The third kappa shape index (κ3) is 11.3. The van der Waals surface area contributed by atoms with E-state index in [1.807, 2.05) is 72.8 Å². The lowest BCUT2D eigenvalue weighted by Crippen LogP contribution is -2.31. The minimum atomic E-state index is -0.551. The molecule has 3 unspecified atom stereocenters. The molecule has 6 rings (SSSR count). The molecule has 2 amide bonds. The molecule has 1 saturated heterocycles. The van der Waals surface area contributed by atoms with Crippen LogP contribution in [-0.4, -0.2) is 33.8 Å². The van der Waals surface area contributed by atoms with E-state index in [4.69, 9.17) is 15.2 Å². The van der Waals surface area contributed by atoms with Crippen molar-refractivity contribution in [2.45, 2.75) is 81.6 Å². The average Bonchev–Trinajstić information content (AvgIpc) is 3.22. The Kier molecular flexibility index (Phi) is 14.3. The first-order valence-electron chi connectivity index (χ1n) is 18.6. The molecule has 0 bridgehead atoms. The number of nitrogens with zero attached hydrogens (tertiary/aromatic N) is 1. The van der Waals surface area contributed by atoms with Gasteiger partial charge in [-0.1, -0.05) is 104 Å². The molecule has 4 aromatic carbocycles. The molecule has 0 aliphatic carbocycles. The number of thioether (sulfide) groups is 1. The summed E-state index contributed by atoms with van der Waals surface area (Å²) in [5.74, 6) is 0.703. The van der Waals surface area contributed by atoms with Gasteiger partial charge in [0, 0.05) is 43.3 Å². The Hall–Kier alpha value is -5.00. The van der Waals surface area contributed by atoms with Crippen molar-refractivity contribution < 1.29 is 24.2 Å². The minimum Gasteiger partial charge on any atom is -0.397 e. The standard InChI is InChI=1S/C44H48N4O5S/c45-38-13-7-8-14-39(38)48-42(51)16-4-2-1-3-15-41(50)47-28-35-11-5-6-12-37(35)32-22-24-34(25-23-32)44-52-36(30-54-43-17-9-10-26-46-43)27-40(53-44)33-20-18-31(29-49)19-21-33/h5-14,17-26,36,40,44,49H,1-4,15-16,27-30,45H2,(H,47,50)(H,48,51). The molecule has 1 aromatic heterocycles. The topological polar surface area (TPSA) is 136 Å². The maximum absolute atomic E-state index is 12.7.